The molecule has 4 saturated carbocycles. The zero-order valence-corrected chi connectivity index (χ0v) is 35.6. The molecule has 0 aliphatic heterocycles. The van der Waals surface area contributed by atoms with Crippen molar-refractivity contribution in [2.24, 2.45) is 47.3 Å². The highest BCUT2D eigenvalue weighted by Gasteiger charge is 2.32. The molecule has 0 atom stereocenters. The summed E-state index contributed by atoms with van der Waals surface area (Å²) in [7, 11) is 0. The zero-order valence-electron chi connectivity index (χ0n) is 35.6. The van der Waals surface area contributed by atoms with Crippen LogP contribution in [0.4, 0.5) is 17.6 Å². The van der Waals surface area contributed by atoms with Crippen LogP contribution in [-0.4, -0.2) is 13.2 Å². The van der Waals surface area contributed by atoms with Crippen molar-refractivity contribution in [1.82, 2.24) is 0 Å². The Balaban J connectivity index is 0.000000214. The normalized spacial score (nSPS) is 28.3. The predicted octanol–water partition coefficient (Wildman–Crippen LogP) is 15.7. The van der Waals surface area contributed by atoms with Gasteiger partial charge in [0.1, 0.15) is 0 Å². The van der Waals surface area contributed by atoms with Crippen LogP contribution in [0.3, 0.4) is 0 Å². The van der Waals surface area contributed by atoms with Crippen LogP contribution in [0.1, 0.15) is 179 Å². The van der Waals surface area contributed by atoms with E-state index < -0.39 is 23.3 Å². The first-order chi connectivity index (χ1) is 27.2. The second kappa shape index (κ2) is 23.4. The van der Waals surface area contributed by atoms with Crippen LogP contribution in [0.25, 0.3) is 0 Å². The summed E-state index contributed by atoms with van der Waals surface area (Å²) in [6, 6.07) is 6.28. The Hall–Kier alpha value is -2.24. The van der Waals surface area contributed by atoms with Gasteiger partial charge in [0.2, 0.25) is 11.6 Å². The maximum absolute atomic E-state index is 14.0. The third-order valence-electron chi connectivity index (χ3n) is 14.8. The molecule has 0 aromatic heterocycles. The average molecular weight is 785 g/mol. The van der Waals surface area contributed by atoms with Gasteiger partial charge in [0.05, 0.1) is 13.2 Å². The fourth-order valence-corrected chi connectivity index (χ4v) is 10.8. The van der Waals surface area contributed by atoms with Gasteiger partial charge in [-0.15, -0.1) is 0 Å². The smallest absolute Gasteiger partial charge is 0.200 e. The van der Waals surface area contributed by atoms with Gasteiger partial charge in [-0.2, -0.15) is 8.78 Å². The number of unbranched alkanes of at least 4 members (excludes halogenated alkanes) is 4. The summed E-state index contributed by atoms with van der Waals surface area (Å²) in [6.07, 6.45) is 32.4. The van der Waals surface area contributed by atoms with E-state index in [1.807, 2.05) is 0 Å². The fraction of sp³-hybridized carbons (Fsp3) is 0.760. The molecular formula is C50H76F4O2. The molecule has 2 nitrogen and oxygen atoms in total. The van der Waals surface area contributed by atoms with E-state index in [0.29, 0.717) is 36.2 Å². The van der Waals surface area contributed by atoms with Crippen molar-refractivity contribution in [2.45, 2.75) is 182 Å². The summed E-state index contributed by atoms with van der Waals surface area (Å²) in [4.78, 5) is 0. The standard InChI is InChI=1S/2C25H38F2O/c2*1-3-4-5-6-19-8-12-21(13-9-19)22-14-10-20(11-15-22)17-28-23-16-7-18(2)24(26)25(23)27/h2*7,16,19-22H,3-6,8-15,17H2,1-2H3. The maximum Gasteiger partial charge on any atom is 0.200 e. The van der Waals surface area contributed by atoms with E-state index in [2.05, 4.69) is 13.8 Å². The molecule has 0 amide bonds. The van der Waals surface area contributed by atoms with E-state index in [0.717, 1.165) is 61.2 Å². The first-order valence-corrected chi connectivity index (χ1v) is 23.3. The highest BCUT2D eigenvalue weighted by Crippen LogP contribution is 2.44. The van der Waals surface area contributed by atoms with Crippen LogP contribution in [0, 0.1) is 84.5 Å². The largest absolute Gasteiger partial charge is 0.490 e. The molecule has 0 spiro atoms. The van der Waals surface area contributed by atoms with Crippen molar-refractivity contribution in [3.8, 4) is 11.5 Å². The Kier molecular flexibility index (Phi) is 18.7. The van der Waals surface area contributed by atoms with E-state index in [9.17, 15) is 17.6 Å². The lowest BCUT2D eigenvalue weighted by Gasteiger charge is -2.38. The molecule has 4 aliphatic rings. The molecule has 2 aromatic rings. The number of ether oxygens (including phenoxy) is 2. The van der Waals surface area contributed by atoms with Crippen molar-refractivity contribution < 1.29 is 27.0 Å². The van der Waals surface area contributed by atoms with Gasteiger partial charge >= 0.3 is 0 Å². The Morgan fingerprint density at radius 3 is 1.02 bits per heavy atom. The Bertz CT molecular complexity index is 1310. The zero-order chi connectivity index (χ0) is 39.9. The van der Waals surface area contributed by atoms with E-state index >= 15 is 0 Å². The Morgan fingerprint density at radius 1 is 0.411 bits per heavy atom. The van der Waals surface area contributed by atoms with Gasteiger partial charge in [0, 0.05) is 0 Å². The molecule has 0 saturated heterocycles. The van der Waals surface area contributed by atoms with Crippen molar-refractivity contribution in [3.63, 3.8) is 0 Å². The summed E-state index contributed by atoms with van der Waals surface area (Å²) >= 11 is 0. The topological polar surface area (TPSA) is 18.5 Å². The molecule has 0 radical (unpaired) electrons. The monoisotopic (exact) mass is 785 g/mol. The highest BCUT2D eigenvalue weighted by atomic mass is 19.2. The molecule has 0 unspecified atom stereocenters. The predicted molar refractivity (Wildman–Crippen MR) is 223 cm³/mol. The summed E-state index contributed by atoms with van der Waals surface area (Å²) in [6.45, 7) is 8.73. The summed E-state index contributed by atoms with van der Waals surface area (Å²) in [5.41, 5.74) is 0.649. The van der Waals surface area contributed by atoms with Crippen LogP contribution in [-0.2, 0) is 0 Å². The quantitative estimate of drug-likeness (QED) is 0.125. The molecule has 56 heavy (non-hydrogen) atoms. The number of hydrogen-bond donors (Lipinski definition) is 0. The molecule has 0 bridgehead atoms. The van der Waals surface area contributed by atoms with Crippen LogP contribution in [0.15, 0.2) is 24.3 Å². The second-order valence-electron chi connectivity index (χ2n) is 18.8. The van der Waals surface area contributed by atoms with Gasteiger partial charge in [-0.25, -0.2) is 8.78 Å². The lowest BCUT2D eigenvalue weighted by molar-refractivity contribution is 0.120. The average Bonchev–Trinajstić information content (AvgIpc) is 3.23. The first-order valence-electron chi connectivity index (χ1n) is 23.3. The van der Waals surface area contributed by atoms with Crippen LogP contribution < -0.4 is 9.47 Å². The lowest BCUT2D eigenvalue weighted by Crippen LogP contribution is -2.27. The van der Waals surface area contributed by atoms with Gasteiger partial charge in [-0.1, -0.05) is 103 Å². The Labute approximate surface area is 338 Å². The number of benzene rings is 2. The molecule has 6 heteroatoms. The summed E-state index contributed by atoms with van der Waals surface area (Å²) in [5.74, 6) is 3.39. The van der Waals surface area contributed by atoms with Gasteiger partial charge < -0.3 is 9.47 Å². The minimum absolute atomic E-state index is 0.0617. The third-order valence-corrected chi connectivity index (χ3v) is 14.8. The number of aryl methyl sites for hydroxylation is 2. The van der Waals surface area contributed by atoms with Crippen molar-refractivity contribution in [2.75, 3.05) is 13.2 Å². The van der Waals surface area contributed by atoms with Gasteiger partial charge in [0.15, 0.2) is 23.1 Å². The molecule has 6 rings (SSSR count). The van der Waals surface area contributed by atoms with E-state index in [1.165, 1.54) is 128 Å². The molecule has 0 heterocycles. The van der Waals surface area contributed by atoms with Crippen LogP contribution in [0.5, 0.6) is 11.5 Å². The fourth-order valence-electron chi connectivity index (χ4n) is 10.8. The summed E-state index contributed by atoms with van der Waals surface area (Å²) in [5, 5.41) is 0. The highest BCUT2D eigenvalue weighted by molar-refractivity contribution is 5.31. The van der Waals surface area contributed by atoms with Gasteiger partial charge in [-0.05, 0) is 162 Å². The summed E-state index contributed by atoms with van der Waals surface area (Å²) < 4.78 is 66.5. The van der Waals surface area contributed by atoms with Crippen LogP contribution in [0.2, 0.25) is 0 Å². The molecule has 0 N–H and O–H groups in total. The van der Waals surface area contributed by atoms with E-state index in [1.54, 1.807) is 38.1 Å². The minimum Gasteiger partial charge on any atom is -0.490 e. The SMILES string of the molecule is CCCCCC1CCC(C2CCC(COc3ccc(C)c(F)c3F)CC2)CC1.CCCCCC1CCC(C2CCC(COc3ccc(C)c(F)c3F)CC2)CC1. The van der Waals surface area contributed by atoms with Crippen molar-refractivity contribution in [3.05, 3.63) is 58.7 Å². The van der Waals surface area contributed by atoms with Crippen molar-refractivity contribution >= 4 is 0 Å². The number of rotatable bonds is 16. The maximum atomic E-state index is 14.0. The third kappa shape index (κ3) is 13.4. The first kappa shape index (κ1) is 44.9. The Morgan fingerprint density at radius 2 is 0.714 bits per heavy atom. The van der Waals surface area contributed by atoms with Gasteiger partial charge in [-0.3, -0.25) is 0 Å². The molecule has 4 aliphatic carbocycles. The van der Waals surface area contributed by atoms with Crippen molar-refractivity contribution in [1.29, 1.82) is 0 Å². The van der Waals surface area contributed by atoms with E-state index in [-0.39, 0.29) is 11.5 Å². The van der Waals surface area contributed by atoms with Gasteiger partial charge in [0.25, 0.3) is 0 Å². The minimum atomic E-state index is -0.843. The number of halogens is 4. The van der Waals surface area contributed by atoms with E-state index in [4.69, 9.17) is 9.47 Å². The lowest BCUT2D eigenvalue weighted by atomic mass is 9.69. The molecule has 2 aromatic carbocycles. The molecule has 4 fully saturated rings. The molecular weight excluding hydrogens is 709 g/mol. The second-order valence-corrected chi connectivity index (χ2v) is 18.8. The van der Waals surface area contributed by atoms with Crippen LogP contribution >= 0.6 is 0 Å². The molecule has 316 valence electrons. The number of hydrogen-bond acceptors (Lipinski definition) is 2.